The molecular formula is C24H31ClN4O6S. The molecule has 2 atom stereocenters. The highest BCUT2D eigenvalue weighted by Crippen LogP contribution is 2.24. The van der Waals surface area contributed by atoms with E-state index in [4.69, 9.17) is 11.6 Å². The number of carbonyl (C=O) groups excluding carboxylic acids is 2. The van der Waals surface area contributed by atoms with Gasteiger partial charge in [0.05, 0.1) is 16.9 Å². The number of benzene rings is 2. The zero-order valence-corrected chi connectivity index (χ0v) is 22.3. The van der Waals surface area contributed by atoms with E-state index in [-0.39, 0.29) is 36.3 Å². The molecule has 0 spiro atoms. The van der Waals surface area contributed by atoms with Crippen molar-refractivity contribution < 1.29 is 22.9 Å². The zero-order chi connectivity index (χ0) is 27.0. The SMILES string of the molecule is CC[C@@H](C)NC(=O)[C@H](CC)N(Cc1ccc(Cl)cc1)C(=O)CN(c1cccc([N+](=O)[O-])c1)S(C)(=O)=O. The van der Waals surface area contributed by atoms with Gasteiger partial charge in [0.1, 0.15) is 12.6 Å². The normalized spacial score (nSPS) is 12.9. The number of anilines is 1. The van der Waals surface area contributed by atoms with E-state index in [2.05, 4.69) is 5.32 Å². The summed E-state index contributed by atoms with van der Waals surface area (Å²) in [6.45, 7) is 4.93. The number of nitro benzene ring substituents is 1. The van der Waals surface area contributed by atoms with Gasteiger partial charge in [-0.3, -0.25) is 24.0 Å². The standard InChI is InChI=1S/C24H31ClN4O6S/c1-5-17(3)26-24(31)22(6-2)27(15-18-10-12-19(25)13-11-18)23(30)16-28(36(4,34)35)20-8-7-9-21(14-20)29(32)33/h7-14,17,22H,5-6,15-16H2,1-4H3,(H,26,31)/t17-,22+/m1/s1. The third kappa shape index (κ3) is 7.92. The van der Waals surface area contributed by atoms with Crippen LogP contribution in [0.2, 0.25) is 5.02 Å². The molecule has 0 fully saturated rings. The Hall–Kier alpha value is -3.18. The molecule has 10 nitrogen and oxygen atoms in total. The zero-order valence-electron chi connectivity index (χ0n) is 20.7. The van der Waals surface area contributed by atoms with Gasteiger partial charge in [-0.05, 0) is 43.5 Å². The van der Waals surface area contributed by atoms with Gasteiger partial charge in [0.15, 0.2) is 0 Å². The van der Waals surface area contributed by atoms with Crippen molar-refractivity contribution in [3.63, 3.8) is 0 Å². The van der Waals surface area contributed by atoms with E-state index in [1.807, 2.05) is 13.8 Å². The number of rotatable bonds is 12. The molecule has 0 bridgehead atoms. The minimum absolute atomic E-state index is 0.0244. The molecular weight excluding hydrogens is 508 g/mol. The Labute approximate surface area is 216 Å². The topological polar surface area (TPSA) is 130 Å². The molecule has 12 heteroatoms. The summed E-state index contributed by atoms with van der Waals surface area (Å²) >= 11 is 5.98. The van der Waals surface area contributed by atoms with Gasteiger partial charge in [0.2, 0.25) is 21.8 Å². The lowest BCUT2D eigenvalue weighted by Crippen LogP contribution is -2.53. The van der Waals surface area contributed by atoms with E-state index in [0.717, 1.165) is 16.6 Å². The fourth-order valence-electron chi connectivity index (χ4n) is 3.52. The van der Waals surface area contributed by atoms with Crippen molar-refractivity contribution >= 4 is 44.8 Å². The second-order valence-corrected chi connectivity index (χ2v) is 10.8. The average molecular weight is 539 g/mol. The van der Waals surface area contributed by atoms with Crippen molar-refractivity contribution in [3.8, 4) is 0 Å². The van der Waals surface area contributed by atoms with Crippen LogP contribution in [0.15, 0.2) is 48.5 Å². The van der Waals surface area contributed by atoms with Gasteiger partial charge in [-0.2, -0.15) is 0 Å². The summed E-state index contributed by atoms with van der Waals surface area (Å²) in [5, 5.41) is 14.6. The fourth-order valence-corrected chi connectivity index (χ4v) is 4.49. The number of nitrogens with one attached hydrogen (secondary N) is 1. The Balaban J connectivity index is 2.47. The molecule has 0 aromatic heterocycles. The molecule has 0 saturated carbocycles. The lowest BCUT2D eigenvalue weighted by Gasteiger charge is -2.33. The minimum Gasteiger partial charge on any atom is -0.352 e. The highest BCUT2D eigenvalue weighted by molar-refractivity contribution is 7.92. The van der Waals surface area contributed by atoms with E-state index >= 15 is 0 Å². The number of carbonyl (C=O) groups is 2. The van der Waals surface area contributed by atoms with Crippen LogP contribution in [-0.4, -0.2) is 54.9 Å². The molecule has 0 aliphatic rings. The molecule has 2 aromatic carbocycles. The van der Waals surface area contributed by atoms with Crippen LogP contribution in [0.1, 0.15) is 39.2 Å². The Kier molecular flexibility index (Phi) is 10.2. The van der Waals surface area contributed by atoms with Gasteiger partial charge in [0.25, 0.3) is 5.69 Å². The maximum Gasteiger partial charge on any atom is 0.271 e. The summed E-state index contributed by atoms with van der Waals surface area (Å²) in [5.74, 6) is -0.983. The second kappa shape index (κ2) is 12.7. The summed E-state index contributed by atoms with van der Waals surface area (Å²) in [6.07, 6.45) is 1.90. The van der Waals surface area contributed by atoms with Crippen molar-refractivity contribution in [3.05, 3.63) is 69.2 Å². The van der Waals surface area contributed by atoms with E-state index in [1.165, 1.54) is 23.1 Å². The molecule has 196 valence electrons. The number of non-ortho nitro benzene ring substituents is 1. The number of nitrogens with zero attached hydrogens (tertiary/aromatic N) is 3. The minimum atomic E-state index is -4.00. The number of nitro groups is 1. The predicted molar refractivity (Wildman–Crippen MR) is 139 cm³/mol. The predicted octanol–water partition coefficient (Wildman–Crippen LogP) is 3.74. The summed E-state index contributed by atoms with van der Waals surface area (Å²) in [6, 6.07) is 10.8. The number of amides is 2. The van der Waals surface area contributed by atoms with E-state index in [9.17, 15) is 28.1 Å². The van der Waals surface area contributed by atoms with Crippen molar-refractivity contribution in [1.29, 1.82) is 0 Å². The van der Waals surface area contributed by atoms with E-state index in [1.54, 1.807) is 31.2 Å². The lowest BCUT2D eigenvalue weighted by molar-refractivity contribution is -0.384. The highest BCUT2D eigenvalue weighted by atomic mass is 35.5. The Morgan fingerprint density at radius 3 is 2.28 bits per heavy atom. The first-order valence-corrected chi connectivity index (χ1v) is 13.7. The average Bonchev–Trinajstić information content (AvgIpc) is 2.82. The van der Waals surface area contributed by atoms with Crippen molar-refractivity contribution in [1.82, 2.24) is 10.2 Å². The molecule has 0 heterocycles. The number of halogens is 1. The smallest absolute Gasteiger partial charge is 0.271 e. The third-order valence-electron chi connectivity index (χ3n) is 5.66. The van der Waals surface area contributed by atoms with Crippen molar-refractivity contribution in [2.75, 3.05) is 17.1 Å². The van der Waals surface area contributed by atoms with Crippen molar-refractivity contribution in [2.24, 2.45) is 0 Å². The highest BCUT2D eigenvalue weighted by Gasteiger charge is 2.32. The third-order valence-corrected chi connectivity index (χ3v) is 7.05. The van der Waals surface area contributed by atoms with Gasteiger partial charge < -0.3 is 10.2 Å². The van der Waals surface area contributed by atoms with Gasteiger partial charge in [-0.1, -0.05) is 43.6 Å². The Morgan fingerprint density at radius 2 is 1.75 bits per heavy atom. The van der Waals surface area contributed by atoms with Crippen LogP contribution in [-0.2, 0) is 26.2 Å². The van der Waals surface area contributed by atoms with Crippen LogP contribution in [0.3, 0.4) is 0 Å². The van der Waals surface area contributed by atoms with Gasteiger partial charge >= 0.3 is 0 Å². The molecule has 0 aliphatic heterocycles. The summed E-state index contributed by atoms with van der Waals surface area (Å²) in [5.41, 5.74) is 0.360. The lowest BCUT2D eigenvalue weighted by atomic mass is 10.1. The monoisotopic (exact) mass is 538 g/mol. The Bertz CT molecular complexity index is 1190. The molecule has 2 aromatic rings. The largest absolute Gasteiger partial charge is 0.352 e. The number of hydrogen-bond donors (Lipinski definition) is 1. The number of hydrogen-bond acceptors (Lipinski definition) is 6. The van der Waals surface area contributed by atoms with Gasteiger partial charge in [-0.15, -0.1) is 0 Å². The summed E-state index contributed by atoms with van der Waals surface area (Å²) < 4.78 is 26.0. The maximum absolute atomic E-state index is 13.6. The van der Waals surface area contributed by atoms with Crippen LogP contribution >= 0.6 is 11.6 Å². The molecule has 2 rings (SSSR count). The quantitative estimate of drug-likeness (QED) is 0.323. The fraction of sp³-hybridized carbons (Fsp3) is 0.417. The molecule has 2 amide bonds. The molecule has 0 saturated heterocycles. The van der Waals surface area contributed by atoms with Crippen molar-refractivity contribution in [2.45, 2.75) is 52.2 Å². The van der Waals surface area contributed by atoms with Crippen LogP contribution < -0.4 is 9.62 Å². The molecule has 0 aliphatic carbocycles. The second-order valence-electron chi connectivity index (χ2n) is 8.44. The Morgan fingerprint density at radius 1 is 1.11 bits per heavy atom. The summed E-state index contributed by atoms with van der Waals surface area (Å²) in [7, 11) is -4.00. The molecule has 0 radical (unpaired) electrons. The van der Waals surface area contributed by atoms with Crippen LogP contribution in [0.5, 0.6) is 0 Å². The van der Waals surface area contributed by atoms with E-state index < -0.39 is 33.4 Å². The van der Waals surface area contributed by atoms with Gasteiger partial charge in [-0.25, -0.2) is 8.42 Å². The first-order valence-electron chi connectivity index (χ1n) is 11.4. The molecule has 36 heavy (non-hydrogen) atoms. The van der Waals surface area contributed by atoms with Gasteiger partial charge in [0, 0.05) is 29.7 Å². The molecule has 1 N–H and O–H groups in total. The van der Waals surface area contributed by atoms with Crippen LogP contribution in [0.4, 0.5) is 11.4 Å². The van der Waals surface area contributed by atoms with Crippen LogP contribution in [0, 0.1) is 10.1 Å². The summed E-state index contributed by atoms with van der Waals surface area (Å²) in [4.78, 5) is 38.6. The first kappa shape index (κ1) is 29.1. The first-order chi connectivity index (χ1) is 16.9. The van der Waals surface area contributed by atoms with E-state index in [0.29, 0.717) is 17.0 Å². The maximum atomic E-state index is 13.6. The molecule has 0 unspecified atom stereocenters. The van der Waals surface area contributed by atoms with Crippen LogP contribution in [0.25, 0.3) is 0 Å². The number of sulfonamides is 1.